The Morgan fingerprint density at radius 3 is 3.00 bits per heavy atom. The van der Waals surface area contributed by atoms with Gasteiger partial charge >= 0.3 is 12.0 Å². The van der Waals surface area contributed by atoms with Crippen molar-refractivity contribution in [2.45, 2.75) is 25.4 Å². The van der Waals surface area contributed by atoms with E-state index in [0.29, 0.717) is 18.1 Å². The van der Waals surface area contributed by atoms with E-state index in [1.807, 2.05) is 0 Å². The van der Waals surface area contributed by atoms with Crippen LogP contribution in [0.4, 0.5) is 4.79 Å². The van der Waals surface area contributed by atoms with Crippen molar-refractivity contribution in [3.05, 3.63) is 0 Å². The van der Waals surface area contributed by atoms with Crippen molar-refractivity contribution in [3.63, 3.8) is 0 Å². The molecule has 1 rings (SSSR count). The highest BCUT2D eigenvalue weighted by molar-refractivity contribution is 7.99. The van der Waals surface area contributed by atoms with Gasteiger partial charge < -0.3 is 15.3 Å². The molecule has 5 nitrogen and oxygen atoms in total. The number of hydrogen-bond donors (Lipinski definition) is 2. The van der Waals surface area contributed by atoms with Crippen LogP contribution in [-0.4, -0.2) is 45.7 Å². The Kier molecular flexibility index (Phi) is 4.50. The van der Waals surface area contributed by atoms with Gasteiger partial charge in [-0.25, -0.2) is 9.59 Å². The molecule has 2 atom stereocenters. The third kappa shape index (κ3) is 3.07. The van der Waals surface area contributed by atoms with Gasteiger partial charge in [-0.05, 0) is 6.92 Å². The molecule has 1 aliphatic heterocycles. The van der Waals surface area contributed by atoms with Gasteiger partial charge in [0.1, 0.15) is 6.04 Å². The van der Waals surface area contributed by atoms with Crippen LogP contribution in [0.25, 0.3) is 0 Å². The molecule has 1 fully saturated rings. The summed E-state index contributed by atoms with van der Waals surface area (Å²) in [4.78, 5) is 23.9. The Balaban J connectivity index is 2.53. The van der Waals surface area contributed by atoms with Crippen LogP contribution in [-0.2, 0) is 4.79 Å². The number of terminal acetylenes is 1. The number of urea groups is 1. The molecule has 88 valence electrons. The second kappa shape index (κ2) is 5.66. The molecule has 1 aliphatic rings. The summed E-state index contributed by atoms with van der Waals surface area (Å²) >= 11 is 1.43. The van der Waals surface area contributed by atoms with Crippen LogP contribution in [0, 0.1) is 12.3 Å². The number of aliphatic carboxylic acids is 1. The molecule has 0 saturated carbocycles. The molecule has 0 aliphatic carbocycles. The lowest BCUT2D eigenvalue weighted by Gasteiger charge is -2.22. The number of carboxylic acid groups (broad SMARTS) is 1. The fraction of sp³-hybridized carbons (Fsp3) is 0.600. The standard InChI is InChI=1S/C10H14N2O3S/c1-3-4-7(2)11-10(15)12-6-16-5-8(12)9(13)14/h1,7-8H,4-6H2,2H3,(H,11,15)(H,13,14)/t7?,8-/m0/s1. The minimum Gasteiger partial charge on any atom is -0.480 e. The maximum absolute atomic E-state index is 11.7. The lowest BCUT2D eigenvalue weighted by atomic mass is 10.2. The zero-order chi connectivity index (χ0) is 12.1. The van der Waals surface area contributed by atoms with Crippen LogP contribution in [0.2, 0.25) is 0 Å². The summed E-state index contributed by atoms with van der Waals surface area (Å²) in [6.07, 6.45) is 5.56. The molecule has 0 spiro atoms. The van der Waals surface area contributed by atoms with E-state index in [1.54, 1.807) is 6.92 Å². The minimum atomic E-state index is -0.968. The summed E-state index contributed by atoms with van der Waals surface area (Å²) in [5, 5.41) is 11.6. The van der Waals surface area contributed by atoms with Crippen molar-refractivity contribution in [3.8, 4) is 12.3 Å². The SMILES string of the molecule is C#CCC(C)NC(=O)N1CSC[C@H]1C(=O)O. The minimum absolute atomic E-state index is 0.141. The van der Waals surface area contributed by atoms with E-state index >= 15 is 0 Å². The molecule has 1 saturated heterocycles. The topological polar surface area (TPSA) is 69.6 Å². The Hall–Kier alpha value is -1.35. The summed E-state index contributed by atoms with van der Waals surface area (Å²) in [5.41, 5.74) is 0. The second-order valence-electron chi connectivity index (χ2n) is 3.58. The average molecular weight is 242 g/mol. The lowest BCUT2D eigenvalue weighted by Crippen LogP contribution is -2.49. The predicted octanol–water partition coefficient (Wildman–Crippen LogP) is 0.567. The third-order valence-electron chi connectivity index (χ3n) is 2.22. The molecule has 0 radical (unpaired) electrons. The van der Waals surface area contributed by atoms with Gasteiger partial charge in [0.05, 0.1) is 5.88 Å². The third-order valence-corrected chi connectivity index (χ3v) is 3.23. The number of carboxylic acids is 1. The summed E-state index contributed by atoms with van der Waals surface area (Å²) < 4.78 is 0. The lowest BCUT2D eigenvalue weighted by molar-refractivity contribution is -0.140. The normalized spacial score (nSPS) is 21.2. The molecule has 2 amide bonds. The molecule has 0 aromatic carbocycles. The highest BCUT2D eigenvalue weighted by Gasteiger charge is 2.34. The maximum Gasteiger partial charge on any atom is 0.327 e. The summed E-state index contributed by atoms with van der Waals surface area (Å²) in [6, 6.07) is -1.24. The zero-order valence-corrected chi connectivity index (χ0v) is 9.79. The Morgan fingerprint density at radius 2 is 2.44 bits per heavy atom. The molecule has 1 heterocycles. The molecule has 6 heteroatoms. The van der Waals surface area contributed by atoms with Crippen molar-refractivity contribution >= 4 is 23.8 Å². The van der Waals surface area contributed by atoms with E-state index in [-0.39, 0.29) is 12.1 Å². The van der Waals surface area contributed by atoms with Crippen LogP contribution in [0.1, 0.15) is 13.3 Å². The fourth-order valence-corrected chi connectivity index (χ4v) is 2.51. The van der Waals surface area contributed by atoms with Crippen molar-refractivity contribution in [2.24, 2.45) is 0 Å². The van der Waals surface area contributed by atoms with Crippen molar-refractivity contribution in [1.29, 1.82) is 0 Å². The van der Waals surface area contributed by atoms with Gasteiger partial charge in [-0.15, -0.1) is 24.1 Å². The van der Waals surface area contributed by atoms with Crippen LogP contribution >= 0.6 is 11.8 Å². The number of carbonyl (C=O) groups excluding carboxylic acids is 1. The first kappa shape index (κ1) is 12.7. The molecule has 2 N–H and O–H groups in total. The Bertz CT molecular complexity index is 327. The van der Waals surface area contributed by atoms with Gasteiger partial charge in [0.2, 0.25) is 0 Å². The van der Waals surface area contributed by atoms with Gasteiger partial charge in [0.25, 0.3) is 0 Å². The number of nitrogens with zero attached hydrogens (tertiary/aromatic N) is 1. The van der Waals surface area contributed by atoms with Gasteiger partial charge in [0.15, 0.2) is 0 Å². The number of carbonyl (C=O) groups is 2. The largest absolute Gasteiger partial charge is 0.480 e. The van der Waals surface area contributed by atoms with E-state index in [2.05, 4.69) is 11.2 Å². The monoisotopic (exact) mass is 242 g/mol. The number of amides is 2. The fourth-order valence-electron chi connectivity index (χ4n) is 1.37. The highest BCUT2D eigenvalue weighted by Crippen LogP contribution is 2.20. The summed E-state index contributed by atoms with van der Waals surface area (Å²) in [5.74, 6) is 2.32. The number of hydrogen-bond acceptors (Lipinski definition) is 3. The number of nitrogens with one attached hydrogen (secondary N) is 1. The summed E-state index contributed by atoms with van der Waals surface area (Å²) in [6.45, 7) is 1.79. The van der Waals surface area contributed by atoms with E-state index in [4.69, 9.17) is 11.5 Å². The quantitative estimate of drug-likeness (QED) is 0.710. The van der Waals surface area contributed by atoms with Crippen molar-refractivity contribution in [2.75, 3.05) is 11.6 Å². The number of thioether (sulfide) groups is 1. The Labute approximate surface area is 98.6 Å². The summed E-state index contributed by atoms with van der Waals surface area (Å²) in [7, 11) is 0. The van der Waals surface area contributed by atoms with E-state index in [0.717, 1.165) is 0 Å². The maximum atomic E-state index is 11.7. The van der Waals surface area contributed by atoms with Crippen molar-refractivity contribution in [1.82, 2.24) is 10.2 Å². The van der Waals surface area contributed by atoms with Gasteiger partial charge in [-0.2, -0.15) is 0 Å². The second-order valence-corrected chi connectivity index (χ2v) is 4.58. The zero-order valence-electron chi connectivity index (χ0n) is 8.97. The smallest absolute Gasteiger partial charge is 0.327 e. The molecular weight excluding hydrogens is 228 g/mol. The molecule has 0 bridgehead atoms. The van der Waals surface area contributed by atoms with Crippen molar-refractivity contribution < 1.29 is 14.7 Å². The molecule has 0 aromatic heterocycles. The first-order chi connectivity index (χ1) is 7.56. The molecule has 1 unspecified atom stereocenters. The van der Waals surface area contributed by atoms with E-state index < -0.39 is 12.0 Å². The van der Waals surface area contributed by atoms with Crippen LogP contribution < -0.4 is 5.32 Å². The first-order valence-electron chi connectivity index (χ1n) is 4.87. The Morgan fingerprint density at radius 1 is 1.75 bits per heavy atom. The average Bonchev–Trinajstić information content (AvgIpc) is 2.65. The number of rotatable bonds is 3. The van der Waals surface area contributed by atoms with Crippen LogP contribution in [0.5, 0.6) is 0 Å². The van der Waals surface area contributed by atoms with Gasteiger partial charge in [-0.1, -0.05) is 0 Å². The van der Waals surface area contributed by atoms with Crippen LogP contribution in [0.3, 0.4) is 0 Å². The van der Waals surface area contributed by atoms with Gasteiger partial charge in [-0.3, -0.25) is 0 Å². The van der Waals surface area contributed by atoms with E-state index in [1.165, 1.54) is 16.7 Å². The molecule has 16 heavy (non-hydrogen) atoms. The van der Waals surface area contributed by atoms with Gasteiger partial charge in [0, 0.05) is 18.2 Å². The highest BCUT2D eigenvalue weighted by atomic mass is 32.2. The molecular formula is C10H14N2O3S. The van der Waals surface area contributed by atoms with E-state index in [9.17, 15) is 9.59 Å². The van der Waals surface area contributed by atoms with Crippen LogP contribution in [0.15, 0.2) is 0 Å². The molecule has 0 aromatic rings. The first-order valence-corrected chi connectivity index (χ1v) is 6.03. The predicted molar refractivity (Wildman–Crippen MR) is 62.0 cm³/mol.